The van der Waals surface area contributed by atoms with Gasteiger partial charge < -0.3 is 10.3 Å². The van der Waals surface area contributed by atoms with Gasteiger partial charge in [0.15, 0.2) is 0 Å². The molecule has 1 rings (SSSR count). The lowest BCUT2D eigenvalue weighted by molar-refractivity contribution is 0.357. The largest absolute Gasteiger partial charge is 0.328 e. The lowest BCUT2D eigenvalue weighted by atomic mass is 10.1. The number of nitrogens with zero attached hydrogens (tertiary/aromatic N) is 2. The molecule has 0 aliphatic carbocycles. The van der Waals surface area contributed by atoms with E-state index in [4.69, 9.17) is 5.73 Å². The molecule has 0 bridgehead atoms. The van der Waals surface area contributed by atoms with Crippen molar-refractivity contribution in [2.24, 2.45) is 5.73 Å². The molecule has 68 valence electrons. The quantitative estimate of drug-likeness (QED) is 0.733. The number of imidazole rings is 1. The van der Waals surface area contributed by atoms with Crippen LogP contribution in [0.25, 0.3) is 0 Å². The molecule has 0 unspecified atom stereocenters. The fraction of sp³-hybridized carbons (Fsp3) is 0.667. The van der Waals surface area contributed by atoms with Gasteiger partial charge in [0, 0.05) is 18.4 Å². The topological polar surface area (TPSA) is 43.8 Å². The zero-order valence-corrected chi connectivity index (χ0v) is 8.04. The molecule has 0 spiro atoms. The van der Waals surface area contributed by atoms with Crippen molar-refractivity contribution >= 4 is 0 Å². The van der Waals surface area contributed by atoms with Crippen molar-refractivity contribution in [3.63, 3.8) is 0 Å². The number of aromatic nitrogens is 2. The molecule has 0 fully saturated rings. The summed E-state index contributed by atoms with van der Waals surface area (Å²) in [5, 5.41) is 0. The van der Waals surface area contributed by atoms with Gasteiger partial charge in [-0.05, 0) is 20.3 Å². The van der Waals surface area contributed by atoms with Crippen molar-refractivity contribution in [3.8, 4) is 0 Å². The second-order valence-corrected chi connectivity index (χ2v) is 3.63. The molecular weight excluding hydrogens is 150 g/mol. The Hall–Kier alpha value is -0.830. The lowest BCUT2D eigenvalue weighted by Crippen LogP contribution is -2.35. The number of hydrogen-bond acceptors (Lipinski definition) is 2. The van der Waals surface area contributed by atoms with E-state index in [9.17, 15) is 0 Å². The van der Waals surface area contributed by atoms with Gasteiger partial charge in [-0.3, -0.25) is 0 Å². The smallest absolute Gasteiger partial charge is 0.0953 e. The van der Waals surface area contributed by atoms with Gasteiger partial charge in [0.05, 0.1) is 11.9 Å². The van der Waals surface area contributed by atoms with E-state index in [1.54, 1.807) is 0 Å². The SMILES string of the molecule is CCc1cncn1C(C)(C)CN. The van der Waals surface area contributed by atoms with Crippen molar-refractivity contribution in [2.75, 3.05) is 6.54 Å². The van der Waals surface area contributed by atoms with Gasteiger partial charge in [0.2, 0.25) is 0 Å². The second kappa shape index (κ2) is 3.27. The molecule has 0 aliphatic rings. The van der Waals surface area contributed by atoms with Gasteiger partial charge in [-0.25, -0.2) is 4.98 Å². The highest BCUT2D eigenvalue weighted by atomic mass is 15.1. The van der Waals surface area contributed by atoms with Crippen LogP contribution in [-0.4, -0.2) is 16.1 Å². The Morgan fingerprint density at radius 3 is 2.75 bits per heavy atom. The molecule has 3 heteroatoms. The predicted octanol–water partition coefficient (Wildman–Crippen LogP) is 1.14. The minimum Gasteiger partial charge on any atom is -0.328 e. The van der Waals surface area contributed by atoms with Crippen LogP contribution in [0.2, 0.25) is 0 Å². The van der Waals surface area contributed by atoms with Gasteiger partial charge in [0.25, 0.3) is 0 Å². The Kier molecular flexibility index (Phi) is 2.52. The molecular formula is C9H17N3. The maximum absolute atomic E-state index is 5.67. The second-order valence-electron chi connectivity index (χ2n) is 3.63. The van der Waals surface area contributed by atoms with Gasteiger partial charge in [-0.15, -0.1) is 0 Å². The van der Waals surface area contributed by atoms with Crippen molar-refractivity contribution in [1.82, 2.24) is 9.55 Å². The summed E-state index contributed by atoms with van der Waals surface area (Å²) >= 11 is 0. The van der Waals surface area contributed by atoms with Crippen LogP contribution in [0.15, 0.2) is 12.5 Å². The van der Waals surface area contributed by atoms with Crippen LogP contribution in [0.1, 0.15) is 26.5 Å². The molecule has 0 radical (unpaired) electrons. The molecule has 1 aromatic heterocycles. The van der Waals surface area contributed by atoms with Crippen LogP contribution in [0.4, 0.5) is 0 Å². The molecule has 1 heterocycles. The third-order valence-electron chi connectivity index (χ3n) is 2.23. The van der Waals surface area contributed by atoms with E-state index in [1.807, 2.05) is 12.5 Å². The molecule has 12 heavy (non-hydrogen) atoms. The molecule has 0 saturated carbocycles. The van der Waals surface area contributed by atoms with Crippen molar-refractivity contribution in [1.29, 1.82) is 0 Å². The van der Waals surface area contributed by atoms with E-state index >= 15 is 0 Å². The summed E-state index contributed by atoms with van der Waals surface area (Å²) < 4.78 is 2.15. The molecule has 1 aromatic rings. The minimum atomic E-state index is -0.0121. The fourth-order valence-corrected chi connectivity index (χ4v) is 1.23. The molecule has 3 nitrogen and oxygen atoms in total. The van der Waals surface area contributed by atoms with Crippen molar-refractivity contribution in [2.45, 2.75) is 32.7 Å². The van der Waals surface area contributed by atoms with E-state index in [2.05, 4.69) is 30.3 Å². The first kappa shape index (κ1) is 9.26. The Morgan fingerprint density at radius 1 is 1.58 bits per heavy atom. The standard InChI is InChI=1S/C9H17N3/c1-4-8-5-11-7-12(8)9(2,3)6-10/h5,7H,4,6,10H2,1-3H3. The first-order valence-electron chi connectivity index (χ1n) is 4.33. The number of aryl methyl sites for hydroxylation is 1. The summed E-state index contributed by atoms with van der Waals surface area (Å²) in [5.74, 6) is 0. The molecule has 0 saturated heterocycles. The first-order valence-corrected chi connectivity index (χ1v) is 4.33. The van der Waals surface area contributed by atoms with Gasteiger partial charge in [-0.2, -0.15) is 0 Å². The van der Waals surface area contributed by atoms with Gasteiger partial charge in [0.1, 0.15) is 0 Å². The average molecular weight is 167 g/mol. The Labute approximate surface area is 73.6 Å². The van der Waals surface area contributed by atoms with Gasteiger partial charge in [-0.1, -0.05) is 6.92 Å². The number of nitrogens with two attached hydrogens (primary N) is 1. The normalized spacial score (nSPS) is 12.0. The fourth-order valence-electron chi connectivity index (χ4n) is 1.23. The highest BCUT2D eigenvalue weighted by molar-refractivity contribution is 5.02. The molecule has 0 aliphatic heterocycles. The zero-order valence-electron chi connectivity index (χ0n) is 8.04. The van der Waals surface area contributed by atoms with E-state index in [0.29, 0.717) is 6.54 Å². The lowest BCUT2D eigenvalue weighted by Gasteiger charge is -2.26. The summed E-state index contributed by atoms with van der Waals surface area (Å²) in [5.41, 5.74) is 6.90. The van der Waals surface area contributed by atoms with Crippen LogP contribution < -0.4 is 5.73 Å². The van der Waals surface area contributed by atoms with Crippen LogP contribution in [0.5, 0.6) is 0 Å². The molecule has 0 amide bonds. The Bertz CT molecular complexity index is 250. The van der Waals surface area contributed by atoms with Crippen molar-refractivity contribution < 1.29 is 0 Å². The first-order chi connectivity index (χ1) is 5.61. The van der Waals surface area contributed by atoms with E-state index in [-0.39, 0.29) is 5.54 Å². The van der Waals surface area contributed by atoms with Crippen LogP contribution in [-0.2, 0) is 12.0 Å². The van der Waals surface area contributed by atoms with Crippen LogP contribution in [0, 0.1) is 0 Å². The number of rotatable bonds is 3. The predicted molar refractivity (Wildman–Crippen MR) is 50.0 cm³/mol. The van der Waals surface area contributed by atoms with Crippen molar-refractivity contribution in [3.05, 3.63) is 18.2 Å². The summed E-state index contributed by atoms with van der Waals surface area (Å²) in [6, 6.07) is 0. The third-order valence-corrected chi connectivity index (χ3v) is 2.23. The Morgan fingerprint density at radius 2 is 2.25 bits per heavy atom. The van der Waals surface area contributed by atoms with E-state index < -0.39 is 0 Å². The minimum absolute atomic E-state index is 0.0121. The summed E-state index contributed by atoms with van der Waals surface area (Å²) in [7, 11) is 0. The van der Waals surface area contributed by atoms with Gasteiger partial charge >= 0.3 is 0 Å². The van der Waals surface area contributed by atoms with Crippen LogP contribution in [0.3, 0.4) is 0 Å². The maximum atomic E-state index is 5.67. The summed E-state index contributed by atoms with van der Waals surface area (Å²) in [6.45, 7) is 7.00. The third kappa shape index (κ3) is 1.50. The van der Waals surface area contributed by atoms with E-state index in [0.717, 1.165) is 6.42 Å². The Balaban J connectivity index is 3.00. The van der Waals surface area contributed by atoms with E-state index in [1.165, 1.54) is 5.69 Å². The average Bonchev–Trinajstić information content (AvgIpc) is 2.52. The maximum Gasteiger partial charge on any atom is 0.0953 e. The highest BCUT2D eigenvalue weighted by Gasteiger charge is 2.19. The zero-order chi connectivity index (χ0) is 9.19. The number of hydrogen-bond donors (Lipinski definition) is 1. The molecule has 0 atom stereocenters. The summed E-state index contributed by atoms with van der Waals surface area (Å²) in [4.78, 5) is 4.11. The molecule has 0 aromatic carbocycles. The van der Waals surface area contributed by atoms with Crippen LogP contribution >= 0.6 is 0 Å². The monoisotopic (exact) mass is 167 g/mol. The molecule has 2 N–H and O–H groups in total. The highest BCUT2D eigenvalue weighted by Crippen LogP contribution is 2.15. The summed E-state index contributed by atoms with van der Waals surface area (Å²) in [6.07, 6.45) is 4.76.